The summed E-state index contributed by atoms with van der Waals surface area (Å²) in [5.74, 6) is 0.105. The first-order chi connectivity index (χ1) is 15.9. The Morgan fingerprint density at radius 3 is 2.29 bits per heavy atom. The molecule has 1 saturated heterocycles. The van der Waals surface area contributed by atoms with E-state index in [9.17, 15) is 16.8 Å². The van der Waals surface area contributed by atoms with E-state index in [1.807, 2.05) is 6.92 Å². The minimum atomic E-state index is -3.99. The van der Waals surface area contributed by atoms with Crippen LogP contribution in [0.5, 0.6) is 0 Å². The SMILES string of the molecule is C[C@H](CCN1CCCCC1CS(C)(=O)=O)N(c1cc(Cl)ccc1Cl)S(=O)(=O)c1ccc(Cl)cc1. The van der Waals surface area contributed by atoms with Crippen LogP contribution >= 0.6 is 34.8 Å². The van der Waals surface area contributed by atoms with Crippen molar-refractivity contribution in [3.8, 4) is 0 Å². The minimum absolute atomic E-state index is 0.0629. The number of sulfonamides is 1. The number of likely N-dealkylation sites (tertiary alicyclic amines) is 1. The third-order valence-corrected chi connectivity index (χ3v) is 9.73. The van der Waals surface area contributed by atoms with E-state index in [0.717, 1.165) is 25.8 Å². The summed E-state index contributed by atoms with van der Waals surface area (Å²) in [7, 11) is -7.11. The lowest BCUT2D eigenvalue weighted by molar-refractivity contribution is 0.158. The van der Waals surface area contributed by atoms with Gasteiger partial charge in [0, 0.05) is 34.9 Å². The zero-order chi connectivity index (χ0) is 25.1. The Morgan fingerprint density at radius 2 is 1.65 bits per heavy atom. The Balaban J connectivity index is 1.91. The number of anilines is 1. The molecule has 2 aromatic carbocycles. The number of nitrogens with zero attached hydrogens (tertiary/aromatic N) is 2. The van der Waals surface area contributed by atoms with Crippen LogP contribution in [0.2, 0.25) is 15.1 Å². The standard InChI is InChI=1S/C23H29Cl3N2O4S2/c1-17(12-14-27-13-4-3-5-20(27)16-33(2,29)30)28(23-15-19(25)8-11-22(23)26)34(31,32)21-9-6-18(24)7-10-21/h6-11,15,17,20H,3-5,12-14,16H2,1-2H3/t17-,20?/m1/s1. The van der Waals surface area contributed by atoms with Gasteiger partial charge < -0.3 is 0 Å². The second-order valence-electron chi connectivity index (χ2n) is 8.77. The molecule has 0 spiro atoms. The molecule has 34 heavy (non-hydrogen) atoms. The lowest BCUT2D eigenvalue weighted by atomic mass is 10.0. The maximum atomic E-state index is 13.7. The van der Waals surface area contributed by atoms with Crippen LogP contribution in [0.25, 0.3) is 0 Å². The number of hydrogen-bond acceptors (Lipinski definition) is 5. The molecule has 1 heterocycles. The van der Waals surface area contributed by atoms with Crippen LogP contribution in [0.1, 0.15) is 32.6 Å². The first-order valence-electron chi connectivity index (χ1n) is 11.1. The number of halogens is 3. The Labute approximate surface area is 217 Å². The molecule has 11 heteroatoms. The van der Waals surface area contributed by atoms with Gasteiger partial charge in [-0.25, -0.2) is 16.8 Å². The zero-order valence-corrected chi connectivity index (χ0v) is 23.0. The fraction of sp³-hybridized carbons (Fsp3) is 0.478. The third-order valence-electron chi connectivity index (χ3n) is 5.99. The summed E-state index contributed by atoms with van der Waals surface area (Å²) >= 11 is 18.6. The molecule has 0 radical (unpaired) electrons. The quantitative estimate of drug-likeness (QED) is 0.399. The topological polar surface area (TPSA) is 74.8 Å². The fourth-order valence-corrected chi connectivity index (χ4v) is 7.66. The van der Waals surface area contributed by atoms with Crippen LogP contribution in [-0.4, -0.2) is 58.9 Å². The molecular formula is C23H29Cl3N2O4S2. The highest BCUT2D eigenvalue weighted by Crippen LogP contribution is 2.35. The third kappa shape index (κ3) is 7.02. The predicted octanol–water partition coefficient (Wildman–Crippen LogP) is 5.52. The van der Waals surface area contributed by atoms with Crippen LogP contribution in [0.3, 0.4) is 0 Å². The second-order valence-corrected chi connectivity index (χ2v) is 14.0. The van der Waals surface area contributed by atoms with E-state index in [1.54, 1.807) is 18.2 Å². The van der Waals surface area contributed by atoms with Gasteiger partial charge in [-0.3, -0.25) is 9.21 Å². The average molecular weight is 568 g/mol. The average Bonchev–Trinajstić information content (AvgIpc) is 2.75. The van der Waals surface area contributed by atoms with Crippen molar-refractivity contribution < 1.29 is 16.8 Å². The Bertz CT molecular complexity index is 1210. The molecule has 0 amide bonds. The van der Waals surface area contributed by atoms with Gasteiger partial charge in [-0.2, -0.15) is 0 Å². The number of sulfone groups is 1. The molecule has 0 bridgehead atoms. The Kier molecular flexibility index (Phi) is 9.20. The summed E-state index contributed by atoms with van der Waals surface area (Å²) in [6, 6.07) is 10.2. The van der Waals surface area contributed by atoms with Crippen molar-refractivity contribution in [3.05, 3.63) is 57.5 Å². The predicted molar refractivity (Wildman–Crippen MR) is 141 cm³/mol. The van der Waals surface area contributed by atoms with Gasteiger partial charge in [0.15, 0.2) is 0 Å². The number of piperidine rings is 1. The monoisotopic (exact) mass is 566 g/mol. The van der Waals surface area contributed by atoms with Gasteiger partial charge in [0.25, 0.3) is 10.0 Å². The van der Waals surface area contributed by atoms with E-state index in [-0.39, 0.29) is 21.7 Å². The maximum Gasteiger partial charge on any atom is 0.264 e. The Hall–Kier alpha value is -1.03. The van der Waals surface area contributed by atoms with Crippen LogP contribution in [0, 0.1) is 0 Å². The summed E-state index contributed by atoms with van der Waals surface area (Å²) in [6.45, 7) is 3.17. The van der Waals surface area contributed by atoms with Crippen molar-refractivity contribution in [2.75, 3.05) is 29.4 Å². The summed E-state index contributed by atoms with van der Waals surface area (Å²) in [5.41, 5.74) is 0.294. The van der Waals surface area contributed by atoms with Crippen molar-refractivity contribution in [1.29, 1.82) is 0 Å². The minimum Gasteiger partial charge on any atom is -0.299 e. The molecule has 1 aliphatic rings. The van der Waals surface area contributed by atoms with Gasteiger partial charge in [-0.15, -0.1) is 0 Å². The zero-order valence-electron chi connectivity index (χ0n) is 19.1. The van der Waals surface area contributed by atoms with E-state index < -0.39 is 25.9 Å². The highest BCUT2D eigenvalue weighted by molar-refractivity contribution is 7.93. The first-order valence-corrected chi connectivity index (χ1v) is 15.7. The lowest BCUT2D eigenvalue weighted by Crippen LogP contribution is -2.46. The van der Waals surface area contributed by atoms with Gasteiger partial charge in [0.1, 0.15) is 9.84 Å². The highest BCUT2D eigenvalue weighted by atomic mass is 35.5. The number of rotatable bonds is 9. The van der Waals surface area contributed by atoms with E-state index in [1.165, 1.54) is 34.8 Å². The fourth-order valence-electron chi connectivity index (χ4n) is 4.34. The van der Waals surface area contributed by atoms with Crippen molar-refractivity contribution in [2.24, 2.45) is 0 Å². The molecule has 2 aromatic rings. The highest BCUT2D eigenvalue weighted by Gasteiger charge is 2.33. The van der Waals surface area contributed by atoms with E-state index in [0.29, 0.717) is 28.7 Å². The summed E-state index contributed by atoms with van der Waals surface area (Å²) in [4.78, 5) is 2.25. The van der Waals surface area contributed by atoms with Crippen molar-refractivity contribution in [1.82, 2.24) is 4.90 Å². The molecule has 6 nitrogen and oxygen atoms in total. The molecule has 1 aliphatic heterocycles. The van der Waals surface area contributed by atoms with E-state index in [4.69, 9.17) is 34.8 Å². The van der Waals surface area contributed by atoms with E-state index in [2.05, 4.69) is 4.90 Å². The van der Waals surface area contributed by atoms with Crippen LogP contribution in [-0.2, 0) is 19.9 Å². The molecular weight excluding hydrogens is 539 g/mol. The molecule has 2 atom stereocenters. The first kappa shape index (κ1) is 27.6. The van der Waals surface area contributed by atoms with Crippen LogP contribution < -0.4 is 4.31 Å². The number of hydrogen-bond donors (Lipinski definition) is 0. The van der Waals surface area contributed by atoms with Gasteiger partial charge in [0.2, 0.25) is 0 Å². The largest absolute Gasteiger partial charge is 0.299 e. The van der Waals surface area contributed by atoms with Gasteiger partial charge in [0.05, 0.1) is 21.4 Å². The lowest BCUT2D eigenvalue weighted by Gasteiger charge is -2.37. The summed E-state index contributed by atoms with van der Waals surface area (Å²) in [5, 5.41) is 1.07. The smallest absolute Gasteiger partial charge is 0.264 e. The van der Waals surface area contributed by atoms with Gasteiger partial charge in [-0.05, 0) is 75.2 Å². The molecule has 0 aromatic heterocycles. The van der Waals surface area contributed by atoms with Crippen LogP contribution in [0.4, 0.5) is 5.69 Å². The molecule has 0 N–H and O–H groups in total. The van der Waals surface area contributed by atoms with Gasteiger partial charge in [-0.1, -0.05) is 41.2 Å². The van der Waals surface area contributed by atoms with Gasteiger partial charge >= 0.3 is 0 Å². The molecule has 0 saturated carbocycles. The van der Waals surface area contributed by atoms with Crippen LogP contribution in [0.15, 0.2) is 47.4 Å². The summed E-state index contributed by atoms with van der Waals surface area (Å²) < 4.78 is 52.6. The molecule has 3 rings (SSSR count). The molecule has 188 valence electrons. The number of benzene rings is 2. The van der Waals surface area contributed by atoms with Crippen molar-refractivity contribution in [2.45, 2.75) is 49.6 Å². The second kappa shape index (κ2) is 11.4. The van der Waals surface area contributed by atoms with E-state index >= 15 is 0 Å². The molecule has 1 fully saturated rings. The summed E-state index contributed by atoms with van der Waals surface area (Å²) in [6.07, 6.45) is 4.53. The van der Waals surface area contributed by atoms with Crippen molar-refractivity contribution in [3.63, 3.8) is 0 Å². The normalized spacial score (nSPS) is 18.6. The molecule has 0 aliphatic carbocycles. The molecule has 1 unspecified atom stereocenters. The maximum absolute atomic E-state index is 13.7. The van der Waals surface area contributed by atoms with Crippen molar-refractivity contribution >= 4 is 60.4 Å². The Morgan fingerprint density at radius 1 is 1.00 bits per heavy atom.